The van der Waals surface area contributed by atoms with Crippen LogP contribution in [-0.2, 0) is 9.53 Å². The Morgan fingerprint density at radius 2 is 2.29 bits per heavy atom. The smallest absolute Gasteiger partial charge is 0.381 e. The molecule has 1 fully saturated rings. The molecule has 2 unspecified atom stereocenters. The summed E-state index contributed by atoms with van der Waals surface area (Å²) < 4.78 is 15.7. The van der Waals surface area contributed by atoms with Crippen LogP contribution in [0.25, 0.3) is 0 Å². The van der Waals surface area contributed by atoms with Gasteiger partial charge in [0.25, 0.3) is 0 Å². The number of hydrogen-bond acceptors (Lipinski definition) is 6. The summed E-state index contributed by atoms with van der Waals surface area (Å²) in [6.07, 6.45) is 3.30. The molecule has 1 heterocycles. The fourth-order valence-corrected chi connectivity index (χ4v) is 3.09. The quantitative estimate of drug-likeness (QED) is 0.635. The lowest BCUT2D eigenvalue weighted by Crippen LogP contribution is -2.48. The minimum absolute atomic E-state index is 0.130. The number of hydrogen-bond donors (Lipinski definition) is 2. The lowest BCUT2D eigenvalue weighted by atomic mass is 9.97. The van der Waals surface area contributed by atoms with Gasteiger partial charge in [0, 0.05) is 11.5 Å². The number of aliphatic hydroxyl groups excluding tert-OH is 1. The molecule has 3 atom stereocenters. The van der Waals surface area contributed by atoms with Crippen molar-refractivity contribution in [1.82, 2.24) is 0 Å². The SMILES string of the molecule is COC(=O)[C@](O)(CO)Oc1cccc2c1OC1CCCC21. The molecule has 0 aromatic heterocycles. The maximum atomic E-state index is 11.6. The summed E-state index contributed by atoms with van der Waals surface area (Å²) in [6, 6.07) is 5.35. The molecule has 1 aromatic carbocycles. The number of ether oxygens (including phenoxy) is 3. The van der Waals surface area contributed by atoms with Crippen LogP contribution in [0.3, 0.4) is 0 Å². The highest BCUT2D eigenvalue weighted by Crippen LogP contribution is 2.51. The average molecular weight is 294 g/mol. The average Bonchev–Trinajstić information content (AvgIpc) is 3.08. The van der Waals surface area contributed by atoms with Gasteiger partial charge < -0.3 is 24.4 Å². The van der Waals surface area contributed by atoms with E-state index in [4.69, 9.17) is 9.47 Å². The highest BCUT2D eigenvalue weighted by Gasteiger charge is 2.43. The fourth-order valence-electron chi connectivity index (χ4n) is 3.09. The van der Waals surface area contributed by atoms with Crippen molar-refractivity contribution in [2.45, 2.75) is 37.1 Å². The van der Waals surface area contributed by atoms with Crippen LogP contribution in [0.2, 0.25) is 0 Å². The molecule has 1 saturated carbocycles. The third-order valence-electron chi connectivity index (χ3n) is 4.13. The molecule has 6 nitrogen and oxygen atoms in total. The Bertz CT molecular complexity index is 557. The Labute approximate surface area is 122 Å². The van der Waals surface area contributed by atoms with Crippen molar-refractivity contribution in [1.29, 1.82) is 0 Å². The van der Waals surface area contributed by atoms with Gasteiger partial charge in [-0.25, -0.2) is 4.79 Å². The third-order valence-corrected chi connectivity index (χ3v) is 4.13. The first kappa shape index (κ1) is 14.2. The number of benzene rings is 1. The molecule has 1 aliphatic heterocycles. The Kier molecular flexibility index (Phi) is 3.51. The number of fused-ring (bicyclic) bond motifs is 3. The molecular formula is C15H18O6. The molecule has 0 spiro atoms. The lowest BCUT2D eigenvalue weighted by Gasteiger charge is -2.24. The minimum Gasteiger partial charge on any atom is -0.486 e. The predicted molar refractivity (Wildman–Crippen MR) is 72.1 cm³/mol. The molecule has 1 aliphatic carbocycles. The van der Waals surface area contributed by atoms with E-state index in [9.17, 15) is 15.0 Å². The van der Waals surface area contributed by atoms with Crippen molar-refractivity contribution in [3.63, 3.8) is 0 Å². The maximum absolute atomic E-state index is 11.6. The number of carbonyl (C=O) groups is 1. The van der Waals surface area contributed by atoms with Crippen LogP contribution in [0.1, 0.15) is 30.7 Å². The molecule has 0 bridgehead atoms. The predicted octanol–water partition coefficient (Wildman–Crippen LogP) is 0.948. The molecule has 2 aliphatic rings. The van der Waals surface area contributed by atoms with E-state index in [1.165, 1.54) is 0 Å². The zero-order valence-corrected chi connectivity index (χ0v) is 11.7. The summed E-state index contributed by atoms with van der Waals surface area (Å²) in [4.78, 5) is 11.6. The Morgan fingerprint density at radius 3 is 3.00 bits per heavy atom. The van der Waals surface area contributed by atoms with Gasteiger partial charge in [-0.05, 0) is 25.3 Å². The normalized spacial score (nSPS) is 25.5. The number of carbonyl (C=O) groups excluding carboxylic acids is 1. The molecule has 0 radical (unpaired) electrons. The number of aliphatic hydroxyl groups is 2. The molecule has 6 heteroatoms. The molecule has 0 saturated heterocycles. The van der Waals surface area contributed by atoms with Gasteiger partial charge in [0.2, 0.25) is 0 Å². The van der Waals surface area contributed by atoms with Gasteiger partial charge in [-0.15, -0.1) is 0 Å². The van der Waals surface area contributed by atoms with E-state index in [-0.39, 0.29) is 11.9 Å². The molecule has 21 heavy (non-hydrogen) atoms. The van der Waals surface area contributed by atoms with Gasteiger partial charge in [0.1, 0.15) is 12.7 Å². The summed E-state index contributed by atoms with van der Waals surface area (Å²) in [7, 11) is 1.11. The maximum Gasteiger partial charge on any atom is 0.381 e. The van der Waals surface area contributed by atoms with Gasteiger partial charge >= 0.3 is 11.8 Å². The largest absolute Gasteiger partial charge is 0.486 e. The van der Waals surface area contributed by atoms with Crippen LogP contribution in [0.15, 0.2) is 18.2 Å². The first-order valence-electron chi connectivity index (χ1n) is 6.99. The standard InChI is InChI=1S/C15H18O6/c1-19-14(17)15(18,8-16)21-12-7-3-5-10-9-4-2-6-11(9)20-13(10)12/h3,5,7,9,11,16,18H,2,4,6,8H2,1H3/t9?,11?,15-/m0/s1. The lowest BCUT2D eigenvalue weighted by molar-refractivity contribution is -0.207. The van der Waals surface area contributed by atoms with Crippen molar-refractivity contribution in [2.24, 2.45) is 0 Å². The molecule has 0 amide bonds. The fraction of sp³-hybridized carbons (Fsp3) is 0.533. The van der Waals surface area contributed by atoms with Gasteiger partial charge in [0.05, 0.1) is 7.11 Å². The summed E-state index contributed by atoms with van der Waals surface area (Å²) in [5, 5.41) is 19.3. The monoisotopic (exact) mass is 294 g/mol. The Hall–Kier alpha value is -1.79. The van der Waals surface area contributed by atoms with Crippen molar-refractivity contribution in [3.8, 4) is 11.5 Å². The summed E-state index contributed by atoms with van der Waals surface area (Å²) >= 11 is 0. The summed E-state index contributed by atoms with van der Waals surface area (Å²) in [5.41, 5.74) is 1.03. The van der Waals surface area contributed by atoms with Gasteiger partial charge in [-0.3, -0.25) is 0 Å². The summed E-state index contributed by atoms with van der Waals surface area (Å²) in [5.74, 6) is -2.36. The van der Waals surface area contributed by atoms with Crippen LogP contribution in [-0.4, -0.2) is 41.8 Å². The molecular weight excluding hydrogens is 276 g/mol. The number of rotatable bonds is 4. The second-order valence-corrected chi connectivity index (χ2v) is 5.40. The first-order valence-corrected chi connectivity index (χ1v) is 6.99. The topological polar surface area (TPSA) is 85.2 Å². The van der Waals surface area contributed by atoms with E-state index in [0.717, 1.165) is 31.9 Å². The van der Waals surface area contributed by atoms with E-state index in [1.54, 1.807) is 12.1 Å². The van der Waals surface area contributed by atoms with Crippen LogP contribution in [0, 0.1) is 0 Å². The number of para-hydroxylation sites is 1. The van der Waals surface area contributed by atoms with Crippen LogP contribution in [0.5, 0.6) is 11.5 Å². The molecule has 2 N–H and O–H groups in total. The van der Waals surface area contributed by atoms with E-state index >= 15 is 0 Å². The van der Waals surface area contributed by atoms with Crippen molar-refractivity contribution in [2.75, 3.05) is 13.7 Å². The van der Waals surface area contributed by atoms with Crippen molar-refractivity contribution >= 4 is 5.97 Å². The third kappa shape index (κ3) is 2.24. The van der Waals surface area contributed by atoms with E-state index in [0.29, 0.717) is 11.7 Å². The van der Waals surface area contributed by atoms with Crippen LogP contribution in [0.4, 0.5) is 0 Å². The highest BCUT2D eigenvalue weighted by molar-refractivity contribution is 5.78. The molecule has 3 rings (SSSR count). The minimum atomic E-state index is -2.43. The van der Waals surface area contributed by atoms with Crippen LogP contribution >= 0.6 is 0 Å². The number of methoxy groups -OCH3 is 1. The molecule has 1 aromatic rings. The summed E-state index contributed by atoms with van der Waals surface area (Å²) in [6.45, 7) is -0.907. The first-order chi connectivity index (χ1) is 10.1. The highest BCUT2D eigenvalue weighted by atomic mass is 16.7. The zero-order valence-electron chi connectivity index (χ0n) is 11.7. The zero-order chi connectivity index (χ0) is 15.0. The van der Waals surface area contributed by atoms with Gasteiger partial charge in [0.15, 0.2) is 11.5 Å². The van der Waals surface area contributed by atoms with Gasteiger partial charge in [-0.2, -0.15) is 0 Å². The molecule has 114 valence electrons. The number of esters is 1. The van der Waals surface area contributed by atoms with Crippen LogP contribution < -0.4 is 9.47 Å². The van der Waals surface area contributed by atoms with E-state index < -0.39 is 18.4 Å². The Balaban J connectivity index is 1.91. The van der Waals surface area contributed by atoms with Crippen molar-refractivity contribution < 1.29 is 29.2 Å². The van der Waals surface area contributed by atoms with E-state index in [1.807, 2.05) is 6.07 Å². The van der Waals surface area contributed by atoms with Gasteiger partial charge in [-0.1, -0.05) is 12.1 Å². The Morgan fingerprint density at radius 1 is 1.48 bits per heavy atom. The second kappa shape index (κ2) is 5.20. The van der Waals surface area contributed by atoms with Crippen molar-refractivity contribution in [3.05, 3.63) is 23.8 Å². The second-order valence-electron chi connectivity index (χ2n) is 5.40. The van der Waals surface area contributed by atoms with E-state index in [2.05, 4.69) is 4.74 Å².